The summed E-state index contributed by atoms with van der Waals surface area (Å²) in [4.78, 5) is 14.1. The molecule has 0 aliphatic carbocycles. The molecule has 0 bridgehead atoms. The van der Waals surface area contributed by atoms with Crippen molar-refractivity contribution in [1.82, 2.24) is 4.90 Å². The van der Waals surface area contributed by atoms with E-state index >= 15 is 0 Å². The van der Waals surface area contributed by atoms with E-state index in [-0.39, 0.29) is 5.91 Å². The zero-order valence-electron chi connectivity index (χ0n) is 12.6. The molecule has 2 aromatic rings. The van der Waals surface area contributed by atoms with Crippen LogP contribution in [-0.4, -0.2) is 24.4 Å². The van der Waals surface area contributed by atoms with Crippen LogP contribution in [0.25, 0.3) is 0 Å². The van der Waals surface area contributed by atoms with Gasteiger partial charge in [0.15, 0.2) is 0 Å². The van der Waals surface area contributed by atoms with E-state index in [1.54, 1.807) is 0 Å². The Bertz CT molecular complexity index is 658. The van der Waals surface area contributed by atoms with Crippen LogP contribution in [0.1, 0.15) is 11.1 Å². The first kappa shape index (κ1) is 17.0. The Labute approximate surface area is 144 Å². The molecule has 0 saturated carbocycles. The fraction of sp³-hybridized carbons (Fsp3) is 0.235. The number of amides is 1. The highest BCUT2D eigenvalue weighted by Crippen LogP contribution is 2.20. The van der Waals surface area contributed by atoms with Gasteiger partial charge < -0.3 is 5.32 Å². The summed E-state index contributed by atoms with van der Waals surface area (Å²) in [5, 5.41) is 3.66. The van der Waals surface area contributed by atoms with E-state index in [1.807, 2.05) is 61.3 Å². The molecule has 0 atom stereocenters. The minimum atomic E-state index is -0.0260. The average molecular weight is 382 g/mol. The molecule has 1 amide bonds. The third kappa shape index (κ3) is 5.13. The average Bonchev–Trinajstić information content (AvgIpc) is 2.44. The van der Waals surface area contributed by atoms with Gasteiger partial charge >= 0.3 is 0 Å². The number of carbonyl (C=O) groups is 1. The van der Waals surface area contributed by atoms with Crippen LogP contribution in [0, 0.1) is 6.92 Å². The molecule has 0 aliphatic heterocycles. The van der Waals surface area contributed by atoms with Gasteiger partial charge in [-0.2, -0.15) is 0 Å². The lowest BCUT2D eigenvalue weighted by molar-refractivity contribution is -0.117. The first-order chi connectivity index (χ1) is 10.4. The highest BCUT2D eigenvalue weighted by molar-refractivity contribution is 9.10. The van der Waals surface area contributed by atoms with Gasteiger partial charge in [0.25, 0.3) is 0 Å². The third-order valence-corrected chi connectivity index (χ3v) is 3.99. The van der Waals surface area contributed by atoms with Crippen molar-refractivity contribution in [2.24, 2.45) is 0 Å². The zero-order chi connectivity index (χ0) is 16.1. The van der Waals surface area contributed by atoms with Gasteiger partial charge in [0.2, 0.25) is 5.91 Å². The molecule has 116 valence electrons. The van der Waals surface area contributed by atoms with E-state index in [9.17, 15) is 4.79 Å². The number of hydrogen-bond donors (Lipinski definition) is 1. The summed E-state index contributed by atoms with van der Waals surface area (Å²) in [5.74, 6) is -0.0260. The van der Waals surface area contributed by atoms with Gasteiger partial charge in [0.1, 0.15) is 0 Å². The van der Waals surface area contributed by atoms with Crippen LogP contribution in [-0.2, 0) is 11.3 Å². The monoisotopic (exact) mass is 380 g/mol. The van der Waals surface area contributed by atoms with Gasteiger partial charge in [-0.05, 0) is 55.4 Å². The van der Waals surface area contributed by atoms with E-state index in [1.165, 1.54) is 0 Å². The zero-order valence-corrected chi connectivity index (χ0v) is 14.9. The molecular formula is C17H18BrClN2O. The summed E-state index contributed by atoms with van der Waals surface area (Å²) in [6, 6.07) is 13.4. The number of nitrogens with one attached hydrogen (secondary N) is 1. The van der Waals surface area contributed by atoms with Crippen LogP contribution in [0.3, 0.4) is 0 Å². The molecule has 0 aliphatic rings. The van der Waals surface area contributed by atoms with Crippen LogP contribution in [0.15, 0.2) is 46.9 Å². The Hall–Kier alpha value is -1.36. The first-order valence-electron chi connectivity index (χ1n) is 6.93. The normalized spacial score (nSPS) is 10.8. The summed E-state index contributed by atoms with van der Waals surface area (Å²) in [6.07, 6.45) is 0. The summed E-state index contributed by atoms with van der Waals surface area (Å²) < 4.78 is 1.00. The summed E-state index contributed by atoms with van der Waals surface area (Å²) in [7, 11) is 1.92. The highest BCUT2D eigenvalue weighted by atomic mass is 79.9. The van der Waals surface area contributed by atoms with Crippen LogP contribution in [0.4, 0.5) is 5.69 Å². The van der Waals surface area contributed by atoms with Crippen LogP contribution < -0.4 is 5.32 Å². The van der Waals surface area contributed by atoms with Crippen molar-refractivity contribution in [1.29, 1.82) is 0 Å². The number of anilines is 1. The summed E-state index contributed by atoms with van der Waals surface area (Å²) in [5.41, 5.74) is 3.00. The van der Waals surface area contributed by atoms with Gasteiger partial charge in [-0.3, -0.25) is 9.69 Å². The molecule has 1 N–H and O–H groups in total. The van der Waals surface area contributed by atoms with Crippen LogP contribution in [0.2, 0.25) is 5.02 Å². The highest BCUT2D eigenvalue weighted by Gasteiger charge is 2.09. The molecule has 0 heterocycles. The third-order valence-electron chi connectivity index (χ3n) is 3.24. The number of aryl methyl sites for hydroxylation is 1. The van der Waals surface area contributed by atoms with E-state index < -0.39 is 0 Å². The van der Waals surface area contributed by atoms with E-state index in [0.717, 1.165) is 26.3 Å². The number of halogens is 2. The second kappa shape index (κ2) is 7.77. The maximum absolute atomic E-state index is 12.1. The number of carbonyl (C=O) groups excluding carboxylic acids is 1. The van der Waals surface area contributed by atoms with Gasteiger partial charge in [-0.1, -0.05) is 39.7 Å². The number of hydrogen-bond acceptors (Lipinski definition) is 2. The number of rotatable bonds is 5. The van der Waals surface area contributed by atoms with Gasteiger partial charge in [-0.15, -0.1) is 0 Å². The largest absolute Gasteiger partial charge is 0.325 e. The topological polar surface area (TPSA) is 32.3 Å². The minimum Gasteiger partial charge on any atom is -0.325 e. The number of likely N-dealkylation sites (N-methyl/N-ethyl adjacent to an activating group) is 1. The number of nitrogens with zero attached hydrogens (tertiary/aromatic N) is 1. The lowest BCUT2D eigenvalue weighted by atomic mass is 10.2. The van der Waals surface area contributed by atoms with Gasteiger partial charge in [0, 0.05) is 21.7 Å². The van der Waals surface area contributed by atoms with Crippen molar-refractivity contribution >= 4 is 39.1 Å². The van der Waals surface area contributed by atoms with E-state index in [2.05, 4.69) is 21.2 Å². The fourth-order valence-electron chi connectivity index (χ4n) is 2.16. The molecule has 5 heteroatoms. The lowest BCUT2D eigenvalue weighted by Crippen LogP contribution is -2.30. The molecule has 0 aromatic heterocycles. The molecule has 2 aromatic carbocycles. The van der Waals surface area contributed by atoms with Crippen molar-refractivity contribution in [2.45, 2.75) is 13.5 Å². The standard InChI is InChI=1S/C17H18BrClN2O/c1-12-9-14(18)5-8-16(12)20-17(22)11-21(2)10-13-3-6-15(19)7-4-13/h3-9H,10-11H2,1-2H3,(H,20,22). The second-order valence-electron chi connectivity index (χ2n) is 5.31. The fourth-order valence-corrected chi connectivity index (χ4v) is 2.76. The Morgan fingerprint density at radius 2 is 1.91 bits per heavy atom. The second-order valence-corrected chi connectivity index (χ2v) is 6.66. The predicted octanol–water partition coefficient (Wildman–Crippen LogP) is 4.48. The Morgan fingerprint density at radius 1 is 1.23 bits per heavy atom. The van der Waals surface area contributed by atoms with Crippen LogP contribution in [0.5, 0.6) is 0 Å². The Kier molecular flexibility index (Phi) is 6.00. The predicted molar refractivity (Wildman–Crippen MR) is 95.3 cm³/mol. The first-order valence-corrected chi connectivity index (χ1v) is 8.10. The van der Waals surface area contributed by atoms with E-state index in [4.69, 9.17) is 11.6 Å². The van der Waals surface area contributed by atoms with Crippen molar-refractivity contribution in [3.8, 4) is 0 Å². The van der Waals surface area contributed by atoms with Gasteiger partial charge in [-0.25, -0.2) is 0 Å². The van der Waals surface area contributed by atoms with Crippen molar-refractivity contribution in [2.75, 3.05) is 18.9 Å². The quantitative estimate of drug-likeness (QED) is 0.828. The maximum atomic E-state index is 12.1. The summed E-state index contributed by atoms with van der Waals surface area (Å²) in [6.45, 7) is 3.00. The summed E-state index contributed by atoms with van der Waals surface area (Å²) >= 11 is 9.28. The molecule has 22 heavy (non-hydrogen) atoms. The lowest BCUT2D eigenvalue weighted by Gasteiger charge is -2.17. The number of benzene rings is 2. The molecule has 0 radical (unpaired) electrons. The molecule has 0 fully saturated rings. The van der Waals surface area contributed by atoms with Crippen molar-refractivity contribution < 1.29 is 4.79 Å². The SMILES string of the molecule is Cc1cc(Br)ccc1NC(=O)CN(C)Cc1ccc(Cl)cc1. The van der Waals surface area contributed by atoms with Gasteiger partial charge in [0.05, 0.1) is 6.54 Å². The maximum Gasteiger partial charge on any atom is 0.238 e. The molecule has 0 unspecified atom stereocenters. The van der Waals surface area contributed by atoms with Crippen molar-refractivity contribution in [3.63, 3.8) is 0 Å². The van der Waals surface area contributed by atoms with Crippen LogP contribution >= 0.6 is 27.5 Å². The smallest absolute Gasteiger partial charge is 0.238 e. The minimum absolute atomic E-state index is 0.0260. The molecule has 0 spiro atoms. The van der Waals surface area contributed by atoms with E-state index in [0.29, 0.717) is 13.1 Å². The molecule has 0 saturated heterocycles. The molecular weight excluding hydrogens is 364 g/mol. The molecule has 2 rings (SSSR count). The van der Waals surface area contributed by atoms with Crippen molar-refractivity contribution in [3.05, 3.63) is 63.1 Å². The molecule has 3 nitrogen and oxygen atoms in total. The Balaban J connectivity index is 1.89. The Morgan fingerprint density at radius 3 is 2.55 bits per heavy atom.